The largest absolute Gasteiger partial charge is 0.486 e. The minimum absolute atomic E-state index is 0.00973. The van der Waals surface area contributed by atoms with Crippen molar-refractivity contribution in [2.45, 2.75) is 38.7 Å². The summed E-state index contributed by atoms with van der Waals surface area (Å²) in [5.41, 5.74) is 0.834. The average Bonchev–Trinajstić information content (AvgIpc) is 3.31. The number of amides is 3. The molecule has 1 aromatic heterocycles. The highest BCUT2D eigenvalue weighted by molar-refractivity contribution is 7.09. The Bertz CT molecular complexity index is 862. The molecule has 1 atom stereocenters. The number of nitrogens with zero attached hydrogens (tertiary/aromatic N) is 2. The molecule has 1 saturated heterocycles. The zero-order chi connectivity index (χ0) is 20.9. The van der Waals surface area contributed by atoms with Gasteiger partial charge in [-0.15, -0.1) is 11.3 Å². The molecule has 3 heterocycles. The number of anilines is 1. The fourth-order valence-electron chi connectivity index (χ4n) is 4.10. The zero-order valence-corrected chi connectivity index (χ0v) is 18.2. The maximum absolute atomic E-state index is 13.3. The van der Waals surface area contributed by atoms with Crippen LogP contribution in [0.25, 0.3) is 0 Å². The van der Waals surface area contributed by atoms with Crippen LogP contribution in [0.3, 0.4) is 0 Å². The first-order valence-electron chi connectivity index (χ1n) is 10.8. The van der Waals surface area contributed by atoms with E-state index in [0.717, 1.165) is 24.3 Å². The third kappa shape index (κ3) is 4.61. The average molecular weight is 428 g/mol. The molecular weight excluding hydrogens is 398 g/mol. The fraction of sp³-hybridized carbons (Fsp3) is 0.478. The molecule has 1 aromatic carbocycles. The summed E-state index contributed by atoms with van der Waals surface area (Å²) in [4.78, 5) is 30.8. The number of benzene rings is 1. The number of para-hydroxylation sites is 2. The van der Waals surface area contributed by atoms with Gasteiger partial charge in [-0.25, -0.2) is 4.79 Å². The van der Waals surface area contributed by atoms with Gasteiger partial charge in [-0.05, 0) is 49.3 Å². The molecule has 4 rings (SSSR count). The van der Waals surface area contributed by atoms with E-state index in [0.29, 0.717) is 39.0 Å². The number of carbonyl (C=O) groups excluding carboxylic acids is 2. The van der Waals surface area contributed by atoms with Crippen LogP contribution in [0.1, 0.15) is 31.1 Å². The molecule has 3 amide bonds. The molecular formula is C23H29N3O3S. The zero-order valence-electron chi connectivity index (χ0n) is 17.4. The normalized spacial score (nSPS) is 19.2. The van der Waals surface area contributed by atoms with Crippen molar-refractivity contribution in [3.63, 3.8) is 0 Å². The number of thiophene rings is 1. The van der Waals surface area contributed by atoms with Gasteiger partial charge in [0.05, 0.1) is 12.2 Å². The lowest BCUT2D eigenvalue weighted by molar-refractivity contribution is -0.126. The first kappa shape index (κ1) is 20.7. The Kier molecular flexibility index (Phi) is 6.57. The molecule has 2 aliphatic heterocycles. The lowest BCUT2D eigenvalue weighted by Gasteiger charge is -2.39. The highest BCUT2D eigenvalue weighted by Crippen LogP contribution is 2.35. The molecule has 0 radical (unpaired) electrons. The van der Waals surface area contributed by atoms with Gasteiger partial charge in [-0.2, -0.15) is 0 Å². The summed E-state index contributed by atoms with van der Waals surface area (Å²) in [6.45, 7) is 4.52. The molecule has 0 spiro atoms. The number of nitrogens with one attached hydrogen (secondary N) is 1. The third-order valence-corrected chi connectivity index (χ3v) is 6.85. The maximum Gasteiger partial charge on any atom is 0.324 e. The molecule has 0 unspecified atom stereocenters. The van der Waals surface area contributed by atoms with Gasteiger partial charge in [0.2, 0.25) is 5.91 Å². The van der Waals surface area contributed by atoms with Crippen LogP contribution in [0.4, 0.5) is 10.5 Å². The van der Waals surface area contributed by atoms with Crippen molar-refractivity contribution in [2.75, 3.05) is 31.1 Å². The quantitative estimate of drug-likeness (QED) is 0.787. The van der Waals surface area contributed by atoms with Crippen molar-refractivity contribution < 1.29 is 14.3 Å². The number of likely N-dealkylation sites (tertiary alicyclic amines) is 1. The van der Waals surface area contributed by atoms with Crippen molar-refractivity contribution in [1.82, 2.24) is 10.2 Å². The highest BCUT2D eigenvalue weighted by Gasteiger charge is 2.34. The van der Waals surface area contributed by atoms with E-state index in [-0.39, 0.29) is 24.0 Å². The number of urea groups is 1. The summed E-state index contributed by atoms with van der Waals surface area (Å²) < 4.78 is 6.00. The summed E-state index contributed by atoms with van der Waals surface area (Å²) in [6, 6.07) is 11.9. The standard InChI is InChI=1S/C23H29N3O3S/c1-2-18-16-26(20-7-3-4-8-21(20)29-18)23(28)25-13-10-17(11-14-25)22(27)24-12-9-19-6-5-15-30-19/h3-8,15,17-18H,2,9-14,16H2,1H3,(H,24,27)/t18-/m1/s1. The molecule has 2 aliphatic rings. The van der Waals surface area contributed by atoms with Gasteiger partial charge in [0.25, 0.3) is 0 Å². The molecule has 160 valence electrons. The van der Waals surface area contributed by atoms with Crippen LogP contribution in [0.2, 0.25) is 0 Å². The Balaban J connectivity index is 1.30. The molecule has 7 heteroatoms. The Morgan fingerprint density at radius 2 is 1.97 bits per heavy atom. The van der Waals surface area contributed by atoms with Crippen LogP contribution in [-0.4, -0.2) is 49.1 Å². The van der Waals surface area contributed by atoms with Crippen LogP contribution in [0.15, 0.2) is 41.8 Å². The lowest BCUT2D eigenvalue weighted by Crippen LogP contribution is -2.52. The Morgan fingerprint density at radius 3 is 2.70 bits per heavy atom. The molecule has 2 aromatic rings. The van der Waals surface area contributed by atoms with Gasteiger partial charge < -0.3 is 15.0 Å². The molecule has 30 heavy (non-hydrogen) atoms. The van der Waals surface area contributed by atoms with E-state index in [9.17, 15) is 9.59 Å². The van der Waals surface area contributed by atoms with Crippen molar-refractivity contribution in [2.24, 2.45) is 5.92 Å². The molecule has 1 N–H and O–H groups in total. The number of fused-ring (bicyclic) bond motifs is 1. The van der Waals surface area contributed by atoms with Crippen LogP contribution in [0.5, 0.6) is 5.75 Å². The second-order valence-electron chi connectivity index (χ2n) is 7.89. The van der Waals surface area contributed by atoms with E-state index in [1.54, 1.807) is 11.3 Å². The second-order valence-corrected chi connectivity index (χ2v) is 8.92. The third-order valence-electron chi connectivity index (χ3n) is 5.91. The van der Waals surface area contributed by atoms with E-state index in [2.05, 4.69) is 23.7 Å². The van der Waals surface area contributed by atoms with Crippen LogP contribution in [-0.2, 0) is 11.2 Å². The van der Waals surface area contributed by atoms with E-state index in [1.165, 1.54) is 4.88 Å². The number of ether oxygens (including phenoxy) is 1. The molecule has 6 nitrogen and oxygen atoms in total. The van der Waals surface area contributed by atoms with Gasteiger partial charge in [-0.3, -0.25) is 9.69 Å². The summed E-state index contributed by atoms with van der Waals surface area (Å²) in [5, 5.41) is 5.12. The van der Waals surface area contributed by atoms with Crippen LogP contribution < -0.4 is 15.0 Å². The summed E-state index contributed by atoms with van der Waals surface area (Å²) in [5.74, 6) is 0.864. The van der Waals surface area contributed by atoms with E-state index >= 15 is 0 Å². The lowest BCUT2D eigenvalue weighted by atomic mass is 9.96. The Hall–Kier alpha value is -2.54. The summed E-state index contributed by atoms with van der Waals surface area (Å²) in [6.07, 6.45) is 3.15. The fourth-order valence-corrected chi connectivity index (χ4v) is 4.81. The first-order chi connectivity index (χ1) is 14.7. The topological polar surface area (TPSA) is 61.9 Å². The van der Waals surface area contributed by atoms with Gasteiger partial charge >= 0.3 is 6.03 Å². The van der Waals surface area contributed by atoms with E-state index in [4.69, 9.17) is 4.74 Å². The summed E-state index contributed by atoms with van der Waals surface area (Å²) in [7, 11) is 0. The second kappa shape index (κ2) is 9.51. The number of hydrogen-bond acceptors (Lipinski definition) is 4. The predicted octanol–water partition coefficient (Wildman–Crippen LogP) is 3.92. The highest BCUT2D eigenvalue weighted by atomic mass is 32.1. The van der Waals surface area contributed by atoms with Crippen LogP contribution in [0, 0.1) is 5.92 Å². The number of hydrogen-bond donors (Lipinski definition) is 1. The maximum atomic E-state index is 13.3. The first-order valence-corrected chi connectivity index (χ1v) is 11.7. The smallest absolute Gasteiger partial charge is 0.324 e. The van der Waals surface area contributed by atoms with E-state index < -0.39 is 0 Å². The SMILES string of the molecule is CC[C@@H]1CN(C(=O)N2CCC(C(=O)NCCc3cccs3)CC2)c2ccccc2O1. The molecule has 1 fully saturated rings. The van der Waals surface area contributed by atoms with Gasteiger partial charge in [0.15, 0.2) is 0 Å². The van der Waals surface area contributed by atoms with Gasteiger partial charge in [0, 0.05) is 30.4 Å². The molecule has 0 saturated carbocycles. The number of piperidine rings is 1. The van der Waals surface area contributed by atoms with Gasteiger partial charge in [0.1, 0.15) is 11.9 Å². The number of carbonyl (C=O) groups is 2. The minimum Gasteiger partial charge on any atom is -0.486 e. The monoisotopic (exact) mass is 427 g/mol. The summed E-state index contributed by atoms with van der Waals surface area (Å²) >= 11 is 1.72. The van der Waals surface area contributed by atoms with Crippen molar-refractivity contribution in [3.8, 4) is 5.75 Å². The van der Waals surface area contributed by atoms with E-state index in [1.807, 2.05) is 40.1 Å². The number of rotatable bonds is 5. The predicted molar refractivity (Wildman–Crippen MR) is 119 cm³/mol. The Labute approximate surface area is 181 Å². The van der Waals surface area contributed by atoms with Gasteiger partial charge in [-0.1, -0.05) is 25.1 Å². The van der Waals surface area contributed by atoms with Crippen LogP contribution >= 0.6 is 11.3 Å². The molecule has 0 bridgehead atoms. The minimum atomic E-state index is -0.0160. The molecule has 0 aliphatic carbocycles. The van der Waals surface area contributed by atoms with Crippen molar-refractivity contribution >= 4 is 29.0 Å². The van der Waals surface area contributed by atoms with Crippen molar-refractivity contribution in [1.29, 1.82) is 0 Å². The van der Waals surface area contributed by atoms with Crippen molar-refractivity contribution in [3.05, 3.63) is 46.7 Å². The Morgan fingerprint density at radius 1 is 1.17 bits per heavy atom.